The number of carboxylic acids is 1. The van der Waals surface area contributed by atoms with Crippen LogP contribution in [0, 0.1) is 0 Å². The molecule has 0 spiro atoms. The van der Waals surface area contributed by atoms with E-state index >= 15 is 0 Å². The molecule has 2 atom stereocenters. The van der Waals surface area contributed by atoms with Gasteiger partial charge in [-0.15, -0.1) is 23.1 Å². The van der Waals surface area contributed by atoms with Crippen molar-refractivity contribution in [2.24, 2.45) is 5.73 Å². The Hall–Kier alpha value is -3.18. The Morgan fingerprint density at radius 1 is 1.26 bits per heavy atom. The van der Waals surface area contributed by atoms with Gasteiger partial charge in [-0.2, -0.15) is 0 Å². The number of aromatic nitrogens is 1. The molecule has 0 bridgehead atoms. The maximum Gasteiger partial charge on any atom is 0.253 e. The summed E-state index contributed by atoms with van der Waals surface area (Å²) in [6.07, 6.45) is 3.40. The van der Waals surface area contributed by atoms with Crippen molar-refractivity contribution in [3.8, 4) is 0 Å². The fourth-order valence-electron chi connectivity index (χ4n) is 3.54. The van der Waals surface area contributed by atoms with Gasteiger partial charge in [-0.3, -0.25) is 19.3 Å². The van der Waals surface area contributed by atoms with E-state index in [9.17, 15) is 24.3 Å². The lowest BCUT2D eigenvalue weighted by atomic mass is 10.0. The van der Waals surface area contributed by atoms with Gasteiger partial charge >= 0.3 is 0 Å². The van der Waals surface area contributed by atoms with E-state index in [1.54, 1.807) is 17.0 Å². The van der Waals surface area contributed by atoms with Gasteiger partial charge in [-0.1, -0.05) is 6.07 Å². The first-order chi connectivity index (χ1) is 14.8. The molecule has 4 heterocycles. The molecule has 3 N–H and O–H groups in total. The molecule has 3 amide bonds. The second kappa shape index (κ2) is 8.52. The first-order valence-corrected chi connectivity index (χ1v) is 11.3. The molecular formula is C20H18N4O5S2. The van der Waals surface area contributed by atoms with Gasteiger partial charge in [0.05, 0.1) is 23.7 Å². The Balaban J connectivity index is 1.48. The normalized spacial score (nSPS) is 20.1. The number of rotatable bonds is 7. The molecular weight excluding hydrogens is 440 g/mol. The summed E-state index contributed by atoms with van der Waals surface area (Å²) in [5.74, 6) is -2.39. The number of primary amides is 1. The minimum Gasteiger partial charge on any atom is -0.543 e. The Kier molecular flexibility index (Phi) is 5.79. The predicted octanol–water partition coefficient (Wildman–Crippen LogP) is -1.22. The third-order valence-electron chi connectivity index (χ3n) is 5.02. The number of pyridine rings is 1. The first-order valence-electron chi connectivity index (χ1n) is 9.34. The molecule has 2 aliphatic rings. The zero-order chi connectivity index (χ0) is 22.1. The van der Waals surface area contributed by atoms with Crippen LogP contribution in [0.2, 0.25) is 0 Å². The number of thioether (sulfide) groups is 1. The van der Waals surface area contributed by atoms with Gasteiger partial charge in [0.2, 0.25) is 11.8 Å². The molecule has 0 radical (unpaired) electrons. The number of aliphatic carboxylic acids is 1. The van der Waals surface area contributed by atoms with Crippen molar-refractivity contribution in [1.29, 1.82) is 0 Å². The maximum absolute atomic E-state index is 12.7. The predicted molar refractivity (Wildman–Crippen MR) is 110 cm³/mol. The van der Waals surface area contributed by atoms with Gasteiger partial charge < -0.3 is 21.0 Å². The lowest BCUT2D eigenvalue weighted by molar-refractivity contribution is -0.689. The summed E-state index contributed by atoms with van der Waals surface area (Å²) in [4.78, 5) is 50.1. The summed E-state index contributed by atoms with van der Waals surface area (Å²) >= 11 is 2.84. The lowest BCUT2D eigenvalue weighted by Gasteiger charge is -2.50. The number of nitrogens with zero attached hydrogens (tertiary/aromatic N) is 2. The number of carbonyl (C=O) groups excluding carboxylic acids is 4. The number of nitrogens with two attached hydrogens (primary N) is 1. The Labute approximate surface area is 185 Å². The van der Waals surface area contributed by atoms with Crippen molar-refractivity contribution in [2.45, 2.75) is 24.4 Å². The molecule has 1 saturated heterocycles. The molecule has 0 aromatic carbocycles. The van der Waals surface area contributed by atoms with Crippen LogP contribution in [-0.4, -0.2) is 45.8 Å². The van der Waals surface area contributed by atoms with Crippen molar-refractivity contribution in [1.82, 2.24) is 10.2 Å². The van der Waals surface area contributed by atoms with Gasteiger partial charge in [0, 0.05) is 28.3 Å². The number of hydrogen-bond donors (Lipinski definition) is 2. The monoisotopic (exact) mass is 458 g/mol. The number of hydrogen-bond acceptors (Lipinski definition) is 7. The number of β-lactam (4-membered cyclic amide) rings is 1. The lowest BCUT2D eigenvalue weighted by Crippen LogP contribution is -2.71. The van der Waals surface area contributed by atoms with E-state index in [0.717, 1.165) is 4.88 Å². The molecule has 9 nitrogen and oxygen atoms in total. The highest BCUT2D eigenvalue weighted by molar-refractivity contribution is 8.00. The number of thiophene rings is 1. The van der Waals surface area contributed by atoms with Crippen LogP contribution in [0.1, 0.15) is 15.2 Å². The van der Waals surface area contributed by atoms with Crippen molar-refractivity contribution in [3.05, 3.63) is 63.7 Å². The molecule has 0 aliphatic carbocycles. The van der Waals surface area contributed by atoms with Crippen LogP contribution in [0.3, 0.4) is 0 Å². The largest absolute Gasteiger partial charge is 0.543 e. The fourth-order valence-corrected chi connectivity index (χ4v) is 5.58. The summed E-state index contributed by atoms with van der Waals surface area (Å²) in [5.41, 5.74) is 5.91. The van der Waals surface area contributed by atoms with Crippen molar-refractivity contribution >= 4 is 46.8 Å². The molecule has 2 aromatic heterocycles. The van der Waals surface area contributed by atoms with Crippen LogP contribution in [-0.2, 0) is 27.3 Å². The maximum atomic E-state index is 12.7. The van der Waals surface area contributed by atoms with Crippen LogP contribution in [0.5, 0.6) is 0 Å². The number of carbonyl (C=O) groups is 4. The molecule has 0 saturated carbocycles. The second-order valence-electron chi connectivity index (χ2n) is 7.07. The average molecular weight is 459 g/mol. The molecule has 0 unspecified atom stereocenters. The van der Waals surface area contributed by atoms with Gasteiger partial charge in [0.25, 0.3) is 5.91 Å². The van der Waals surface area contributed by atoms with E-state index in [1.807, 2.05) is 17.5 Å². The average Bonchev–Trinajstić information content (AvgIpc) is 3.24. The first kappa shape index (κ1) is 21.1. The van der Waals surface area contributed by atoms with E-state index in [1.165, 1.54) is 40.1 Å². The summed E-state index contributed by atoms with van der Waals surface area (Å²) in [5, 5.41) is 15.9. The van der Waals surface area contributed by atoms with Crippen molar-refractivity contribution in [3.63, 3.8) is 0 Å². The van der Waals surface area contributed by atoms with Crippen LogP contribution >= 0.6 is 23.1 Å². The van der Waals surface area contributed by atoms with E-state index in [4.69, 9.17) is 5.73 Å². The molecule has 1 fully saturated rings. The summed E-state index contributed by atoms with van der Waals surface area (Å²) in [6.45, 7) is 0.210. The van der Waals surface area contributed by atoms with Gasteiger partial charge in [0.1, 0.15) is 11.4 Å². The number of amides is 3. The standard InChI is InChI=1S/C20H18N4O5S2/c21-17(26)11-3-5-23(6-4-11)9-12-10-31-19-15(18(27)24(19)16(12)20(28)29)22-14(25)8-13-2-1-7-30-13/h1-7,15,19H,8-10H2,(H3-,21,22,25,26,28,29)/t15-,19+/m0/s1. The number of carboxylic acid groups (broad SMARTS) is 1. The van der Waals surface area contributed by atoms with Crippen LogP contribution in [0.15, 0.2) is 53.3 Å². The number of nitrogens with one attached hydrogen (secondary N) is 1. The zero-order valence-electron chi connectivity index (χ0n) is 16.1. The summed E-state index contributed by atoms with van der Waals surface area (Å²) in [7, 11) is 0. The van der Waals surface area contributed by atoms with E-state index in [-0.39, 0.29) is 24.6 Å². The van der Waals surface area contributed by atoms with E-state index < -0.39 is 29.2 Å². The highest BCUT2D eigenvalue weighted by Gasteiger charge is 2.53. The zero-order valence-corrected chi connectivity index (χ0v) is 17.8. The third-order valence-corrected chi connectivity index (χ3v) is 7.24. The molecule has 2 aliphatic heterocycles. The number of fused-ring (bicyclic) bond motifs is 1. The SMILES string of the molecule is NC(=O)c1cc[n+](CC2=C(C(=O)[O-])N3C(=O)[C@H](NC(=O)Cc4cccs4)[C@H]3SC2)cc1. The fraction of sp³-hybridized carbons (Fsp3) is 0.250. The summed E-state index contributed by atoms with van der Waals surface area (Å²) < 4.78 is 1.69. The van der Waals surface area contributed by atoms with E-state index in [0.29, 0.717) is 16.9 Å². The topological polar surface area (TPSA) is 137 Å². The minimum atomic E-state index is -1.44. The molecule has 160 valence electrons. The summed E-state index contributed by atoms with van der Waals surface area (Å²) in [6, 6.07) is 5.99. The van der Waals surface area contributed by atoms with Crippen molar-refractivity contribution in [2.75, 3.05) is 5.75 Å². The third kappa shape index (κ3) is 4.19. The minimum absolute atomic E-state index is 0.163. The van der Waals surface area contributed by atoms with Crippen LogP contribution in [0.4, 0.5) is 0 Å². The quantitative estimate of drug-likeness (QED) is 0.394. The highest BCUT2D eigenvalue weighted by Crippen LogP contribution is 2.40. The van der Waals surface area contributed by atoms with Crippen LogP contribution < -0.4 is 20.7 Å². The molecule has 31 heavy (non-hydrogen) atoms. The Bertz CT molecular complexity index is 1080. The molecule has 11 heteroatoms. The van der Waals surface area contributed by atoms with Crippen molar-refractivity contribution < 1.29 is 28.9 Å². The molecule has 2 aromatic rings. The second-order valence-corrected chi connectivity index (χ2v) is 9.21. The molecule has 4 rings (SSSR count). The smallest absolute Gasteiger partial charge is 0.253 e. The highest BCUT2D eigenvalue weighted by atomic mass is 32.2. The van der Waals surface area contributed by atoms with Gasteiger partial charge in [-0.05, 0) is 11.4 Å². The Morgan fingerprint density at radius 3 is 2.61 bits per heavy atom. The Morgan fingerprint density at radius 2 is 2.00 bits per heavy atom. The van der Waals surface area contributed by atoms with E-state index in [2.05, 4.69) is 5.32 Å². The van der Waals surface area contributed by atoms with Gasteiger partial charge in [0.15, 0.2) is 18.9 Å². The van der Waals surface area contributed by atoms with Crippen LogP contribution in [0.25, 0.3) is 0 Å². The van der Waals surface area contributed by atoms with Gasteiger partial charge in [-0.25, -0.2) is 4.57 Å².